The van der Waals surface area contributed by atoms with Crippen molar-refractivity contribution in [3.05, 3.63) is 136 Å². The summed E-state index contributed by atoms with van der Waals surface area (Å²) in [6.07, 6.45) is 15.4. The molecule has 0 radical (unpaired) electrons. The van der Waals surface area contributed by atoms with E-state index in [1.807, 2.05) is 0 Å². The number of anilines is 1. The number of para-hydroxylation sites is 2. The number of rotatable bonds is 8. The normalized spacial score (nSPS) is 20.1. The highest BCUT2D eigenvalue weighted by molar-refractivity contribution is 6.03. The molecule has 1 aliphatic carbocycles. The summed E-state index contributed by atoms with van der Waals surface area (Å²) in [5.74, 6) is 0. The maximum atomic E-state index is 2.56. The number of hydrogen-bond acceptors (Lipinski definition) is 1. The second-order valence-corrected chi connectivity index (χ2v) is 14.1. The van der Waals surface area contributed by atoms with Crippen LogP contribution in [0.5, 0.6) is 0 Å². The Bertz CT molecular complexity index is 1760. The Kier molecular flexibility index (Phi) is 9.99. The number of aryl methyl sites for hydroxylation is 1. The van der Waals surface area contributed by atoms with Crippen LogP contribution in [-0.2, 0) is 10.8 Å². The van der Waals surface area contributed by atoms with E-state index in [-0.39, 0.29) is 23.2 Å². The number of benzene rings is 3. The topological polar surface area (TPSA) is 6.25 Å². The van der Waals surface area contributed by atoms with E-state index in [9.17, 15) is 0 Å². The summed E-state index contributed by atoms with van der Waals surface area (Å²) in [4.78, 5) is 2.56. The van der Waals surface area contributed by atoms with Gasteiger partial charge in [0.1, 0.15) is 6.54 Å². The van der Waals surface area contributed by atoms with E-state index in [1.54, 1.807) is 0 Å². The van der Waals surface area contributed by atoms with Crippen molar-refractivity contribution >= 4 is 22.7 Å². The minimum absolute atomic E-state index is 0. The molecule has 2 aliphatic heterocycles. The van der Waals surface area contributed by atoms with Crippen LogP contribution in [0.25, 0.3) is 5.57 Å². The van der Waals surface area contributed by atoms with E-state index >= 15 is 0 Å². The summed E-state index contributed by atoms with van der Waals surface area (Å²) in [6.45, 7) is 18.5. The summed E-state index contributed by atoms with van der Waals surface area (Å²) < 4.78 is 2.56. The molecular formula is C43H51ClN2. The van der Waals surface area contributed by atoms with Gasteiger partial charge in [0.25, 0.3) is 0 Å². The predicted octanol–water partition coefficient (Wildman–Crippen LogP) is 8.00. The third-order valence-electron chi connectivity index (χ3n) is 10.3. The van der Waals surface area contributed by atoms with Crippen LogP contribution in [-0.4, -0.2) is 23.4 Å². The molecule has 0 unspecified atom stereocenters. The lowest BCUT2D eigenvalue weighted by atomic mass is 9.79. The first-order valence-corrected chi connectivity index (χ1v) is 17.2. The summed E-state index contributed by atoms with van der Waals surface area (Å²) in [7, 11) is 0. The summed E-state index contributed by atoms with van der Waals surface area (Å²) in [6, 6.07) is 26.9. The third-order valence-corrected chi connectivity index (χ3v) is 10.3. The van der Waals surface area contributed by atoms with Gasteiger partial charge in [0.05, 0.1) is 5.41 Å². The molecule has 240 valence electrons. The van der Waals surface area contributed by atoms with E-state index in [1.165, 1.54) is 68.2 Å². The predicted molar refractivity (Wildman–Crippen MR) is 194 cm³/mol. The van der Waals surface area contributed by atoms with Crippen molar-refractivity contribution in [2.45, 2.75) is 91.4 Å². The maximum Gasteiger partial charge on any atom is 0.209 e. The Morgan fingerprint density at radius 2 is 1.46 bits per heavy atom. The Hall–Kier alpha value is -3.62. The Balaban J connectivity index is 0.00000417. The first-order valence-electron chi connectivity index (χ1n) is 17.2. The highest BCUT2D eigenvalue weighted by atomic mass is 35.5. The van der Waals surface area contributed by atoms with Crippen LogP contribution in [0.1, 0.15) is 95.9 Å². The van der Waals surface area contributed by atoms with E-state index in [0.29, 0.717) is 0 Å². The summed E-state index contributed by atoms with van der Waals surface area (Å²) in [5.41, 5.74) is 15.4. The van der Waals surface area contributed by atoms with Gasteiger partial charge in [-0.2, -0.15) is 4.58 Å². The molecule has 0 bridgehead atoms. The maximum absolute atomic E-state index is 2.56. The van der Waals surface area contributed by atoms with E-state index in [4.69, 9.17) is 0 Å². The lowest BCUT2D eigenvalue weighted by Gasteiger charge is -2.27. The van der Waals surface area contributed by atoms with Gasteiger partial charge < -0.3 is 17.3 Å². The van der Waals surface area contributed by atoms with Gasteiger partial charge in [-0.15, -0.1) is 0 Å². The largest absolute Gasteiger partial charge is 1.00 e. The number of allylic oxidation sites excluding steroid dienone is 8. The molecular weight excluding hydrogens is 580 g/mol. The van der Waals surface area contributed by atoms with Gasteiger partial charge in [-0.1, -0.05) is 101 Å². The van der Waals surface area contributed by atoms with E-state index in [0.717, 1.165) is 38.8 Å². The molecule has 2 heterocycles. The Labute approximate surface area is 284 Å². The number of hydrogen-bond donors (Lipinski definition) is 0. The van der Waals surface area contributed by atoms with E-state index in [2.05, 4.69) is 155 Å². The first-order chi connectivity index (χ1) is 21.7. The average molecular weight is 631 g/mol. The van der Waals surface area contributed by atoms with Gasteiger partial charge in [0.15, 0.2) is 5.71 Å². The highest BCUT2D eigenvalue weighted by Crippen LogP contribution is 2.48. The molecule has 0 fully saturated rings. The third kappa shape index (κ3) is 5.86. The van der Waals surface area contributed by atoms with Gasteiger partial charge in [-0.05, 0) is 92.0 Å². The lowest BCUT2D eigenvalue weighted by Crippen LogP contribution is -3.00. The second kappa shape index (κ2) is 13.6. The molecule has 3 heteroatoms. The highest BCUT2D eigenvalue weighted by Gasteiger charge is 2.44. The fourth-order valence-electron chi connectivity index (χ4n) is 8.03. The molecule has 0 saturated heterocycles. The van der Waals surface area contributed by atoms with Gasteiger partial charge in [0, 0.05) is 47.5 Å². The minimum Gasteiger partial charge on any atom is -1.00 e. The second-order valence-electron chi connectivity index (χ2n) is 14.1. The van der Waals surface area contributed by atoms with Crippen molar-refractivity contribution in [1.29, 1.82) is 0 Å². The van der Waals surface area contributed by atoms with Gasteiger partial charge in [-0.3, -0.25) is 0 Å². The van der Waals surface area contributed by atoms with Crippen LogP contribution in [0.4, 0.5) is 11.4 Å². The zero-order valence-electron chi connectivity index (χ0n) is 29.0. The fourth-order valence-corrected chi connectivity index (χ4v) is 8.03. The monoisotopic (exact) mass is 630 g/mol. The van der Waals surface area contributed by atoms with Gasteiger partial charge >= 0.3 is 0 Å². The van der Waals surface area contributed by atoms with Crippen LogP contribution in [0.3, 0.4) is 0 Å². The van der Waals surface area contributed by atoms with Crippen molar-refractivity contribution in [2.75, 3.05) is 18.0 Å². The van der Waals surface area contributed by atoms with Crippen LogP contribution < -0.4 is 17.3 Å². The molecule has 0 saturated carbocycles. The Morgan fingerprint density at radius 1 is 0.761 bits per heavy atom. The standard InChI is InChI=1S/C43H51N2.ClH/c1-8-29-44-37-23-14-12-21-35(37)42(4,5)39(44)27-25-32-18-16-19-33(41(32)34-20-11-10-17-31(34)3)26-28-40-43(6,7)36-22-13-15-24-38(36)45(40)30-9-2;/h10-15,17,20-28H,8-9,16,18-19,29-30H2,1-7H3;1H/q+1;/p-1. The number of fused-ring (bicyclic) bond motifs is 2. The zero-order valence-corrected chi connectivity index (χ0v) is 29.7. The van der Waals surface area contributed by atoms with Crippen molar-refractivity contribution in [3.63, 3.8) is 0 Å². The summed E-state index contributed by atoms with van der Waals surface area (Å²) >= 11 is 0. The van der Waals surface area contributed by atoms with Crippen LogP contribution >= 0.6 is 0 Å². The molecule has 0 aromatic heterocycles. The van der Waals surface area contributed by atoms with Crippen molar-refractivity contribution in [3.8, 4) is 0 Å². The molecule has 0 spiro atoms. The van der Waals surface area contributed by atoms with Crippen molar-refractivity contribution in [1.82, 2.24) is 0 Å². The molecule has 0 atom stereocenters. The quantitative estimate of drug-likeness (QED) is 0.229. The molecule has 3 aromatic carbocycles. The molecule has 3 aliphatic rings. The van der Waals surface area contributed by atoms with Crippen molar-refractivity contribution in [2.24, 2.45) is 0 Å². The zero-order chi connectivity index (χ0) is 31.8. The fraction of sp³-hybridized carbons (Fsp3) is 0.372. The van der Waals surface area contributed by atoms with Gasteiger partial charge in [-0.25, -0.2) is 0 Å². The molecule has 0 amide bonds. The smallest absolute Gasteiger partial charge is 0.209 e. The van der Waals surface area contributed by atoms with Gasteiger partial charge in [0.2, 0.25) is 5.69 Å². The van der Waals surface area contributed by atoms with Crippen molar-refractivity contribution < 1.29 is 17.0 Å². The average Bonchev–Trinajstić information content (AvgIpc) is 3.38. The number of nitrogens with zero attached hydrogens (tertiary/aromatic N) is 2. The minimum atomic E-state index is -0.0325. The first kappa shape index (κ1) is 33.7. The van der Waals surface area contributed by atoms with E-state index < -0.39 is 0 Å². The molecule has 46 heavy (non-hydrogen) atoms. The number of halogens is 1. The Morgan fingerprint density at radius 3 is 2.20 bits per heavy atom. The lowest BCUT2D eigenvalue weighted by molar-refractivity contribution is -0.437. The van der Waals surface area contributed by atoms with Crippen LogP contribution in [0, 0.1) is 6.92 Å². The molecule has 0 N–H and O–H groups in total. The molecule has 6 rings (SSSR count). The molecule has 2 nitrogen and oxygen atoms in total. The summed E-state index contributed by atoms with van der Waals surface area (Å²) in [5, 5.41) is 0. The van der Waals surface area contributed by atoms with Crippen LogP contribution in [0.15, 0.2) is 114 Å². The SMILES string of the molecule is CCCN1C(=CC=C2CCCC(C=CC3=[N+](CCC)c4ccccc4C3(C)C)=C2c2ccccc2C)C(C)(C)c2ccccc21.[Cl-]. The van der Waals surface area contributed by atoms with Crippen LogP contribution in [0.2, 0.25) is 0 Å². The molecule has 3 aromatic rings.